The summed E-state index contributed by atoms with van der Waals surface area (Å²) >= 11 is -2.26. The zero-order valence-corrected chi connectivity index (χ0v) is 12.3. The van der Waals surface area contributed by atoms with Crippen LogP contribution >= 0.6 is 0 Å². The van der Waals surface area contributed by atoms with Crippen LogP contribution in [-0.2, 0) is 20.6 Å². The number of hydrogen-bond acceptors (Lipinski definition) is 5. The SMILES string of the molecule is COC(=O)/C=C/c1cccc(S(=O)[O-])c1.[Na+].[OH-]. The second-order valence-corrected chi connectivity index (χ2v) is 3.60. The molecule has 0 spiro atoms. The fraction of sp³-hybridized carbons (Fsp3) is 0.100. The molecule has 1 atom stereocenters. The molecule has 17 heavy (non-hydrogen) atoms. The molecular weight excluding hydrogens is 255 g/mol. The Labute approximate surface area is 124 Å². The van der Waals surface area contributed by atoms with Crippen molar-refractivity contribution in [2.75, 3.05) is 7.11 Å². The molecule has 5 nitrogen and oxygen atoms in total. The molecule has 1 N–H and O–H groups in total. The maximum atomic E-state index is 10.8. The Morgan fingerprint density at radius 1 is 1.47 bits per heavy atom. The van der Waals surface area contributed by atoms with Crippen molar-refractivity contribution >= 4 is 23.1 Å². The predicted molar refractivity (Wildman–Crippen MR) is 56.6 cm³/mol. The summed E-state index contributed by atoms with van der Waals surface area (Å²) in [6.07, 6.45) is 2.72. The van der Waals surface area contributed by atoms with E-state index < -0.39 is 17.0 Å². The van der Waals surface area contributed by atoms with Crippen LogP contribution in [0.25, 0.3) is 6.08 Å². The van der Waals surface area contributed by atoms with Crippen LogP contribution in [-0.4, -0.2) is 27.3 Å². The van der Waals surface area contributed by atoms with Gasteiger partial charge in [-0.1, -0.05) is 12.1 Å². The minimum Gasteiger partial charge on any atom is -0.870 e. The smallest absolute Gasteiger partial charge is 0.870 e. The third-order valence-electron chi connectivity index (χ3n) is 1.66. The van der Waals surface area contributed by atoms with Gasteiger partial charge in [0, 0.05) is 11.0 Å². The molecule has 1 aromatic rings. The molecule has 0 aliphatic rings. The predicted octanol–water partition coefficient (Wildman–Crippen LogP) is -2.06. The number of carbonyl (C=O) groups excluding carboxylic acids is 1. The van der Waals surface area contributed by atoms with Crippen molar-refractivity contribution in [3.63, 3.8) is 0 Å². The average molecular weight is 265 g/mol. The van der Waals surface area contributed by atoms with Gasteiger partial charge in [-0.15, -0.1) is 0 Å². The van der Waals surface area contributed by atoms with Gasteiger partial charge in [-0.2, -0.15) is 0 Å². The molecule has 0 bridgehead atoms. The molecular formula is C10H10NaO5S-. The average Bonchev–Trinajstić information content (AvgIpc) is 2.26. The van der Waals surface area contributed by atoms with Crippen molar-refractivity contribution in [1.82, 2.24) is 0 Å². The van der Waals surface area contributed by atoms with Crippen molar-refractivity contribution < 1.29 is 53.3 Å². The van der Waals surface area contributed by atoms with E-state index in [-0.39, 0.29) is 39.9 Å². The first-order valence-electron chi connectivity index (χ1n) is 4.09. The van der Waals surface area contributed by atoms with E-state index in [1.54, 1.807) is 12.1 Å². The third kappa shape index (κ3) is 6.72. The summed E-state index contributed by atoms with van der Waals surface area (Å²) < 4.78 is 25.7. The molecule has 0 aliphatic heterocycles. The van der Waals surface area contributed by atoms with Gasteiger partial charge in [-0.05, 0) is 34.9 Å². The van der Waals surface area contributed by atoms with Crippen molar-refractivity contribution in [2.45, 2.75) is 4.90 Å². The van der Waals surface area contributed by atoms with E-state index in [1.165, 1.54) is 31.4 Å². The van der Waals surface area contributed by atoms with Gasteiger partial charge in [-0.25, -0.2) is 4.79 Å². The molecule has 0 heterocycles. The molecule has 0 aromatic heterocycles. The number of ether oxygens (including phenoxy) is 1. The van der Waals surface area contributed by atoms with Gasteiger partial charge in [0.1, 0.15) is 0 Å². The van der Waals surface area contributed by atoms with Crippen LogP contribution in [0.15, 0.2) is 35.2 Å². The number of hydrogen-bond donors (Lipinski definition) is 0. The number of esters is 1. The molecule has 7 heteroatoms. The van der Waals surface area contributed by atoms with E-state index in [9.17, 15) is 13.6 Å². The summed E-state index contributed by atoms with van der Waals surface area (Å²) in [6, 6.07) is 6.22. The van der Waals surface area contributed by atoms with Crippen LogP contribution < -0.4 is 29.6 Å². The third-order valence-corrected chi connectivity index (χ3v) is 2.30. The largest absolute Gasteiger partial charge is 1.00 e. The summed E-state index contributed by atoms with van der Waals surface area (Å²) in [5, 5.41) is 0. The van der Waals surface area contributed by atoms with E-state index in [4.69, 9.17) is 0 Å². The van der Waals surface area contributed by atoms with E-state index in [0.717, 1.165) is 0 Å². The Hall–Kier alpha value is -0.500. The van der Waals surface area contributed by atoms with Crippen LogP contribution in [0, 0.1) is 0 Å². The number of benzene rings is 1. The van der Waals surface area contributed by atoms with Crippen LogP contribution in [0.5, 0.6) is 0 Å². The summed E-state index contributed by atoms with van der Waals surface area (Å²) in [7, 11) is 1.27. The van der Waals surface area contributed by atoms with Crippen molar-refractivity contribution in [3.05, 3.63) is 35.9 Å². The maximum Gasteiger partial charge on any atom is 1.00 e. The first kappa shape index (κ1) is 18.9. The quantitative estimate of drug-likeness (QED) is 0.271. The Morgan fingerprint density at radius 2 is 2.12 bits per heavy atom. The molecule has 88 valence electrons. The minimum atomic E-state index is -2.26. The van der Waals surface area contributed by atoms with E-state index in [0.29, 0.717) is 5.56 Å². The number of carbonyl (C=O) groups is 1. The molecule has 1 aromatic carbocycles. The van der Waals surface area contributed by atoms with Gasteiger partial charge in [0.15, 0.2) is 0 Å². The first-order valence-corrected chi connectivity index (χ1v) is 5.16. The van der Waals surface area contributed by atoms with Crippen molar-refractivity contribution in [2.24, 2.45) is 0 Å². The molecule has 1 rings (SSSR count). The second kappa shape index (κ2) is 9.52. The van der Waals surface area contributed by atoms with E-state index in [1.807, 2.05) is 0 Å². The topological polar surface area (TPSA) is 96.4 Å². The summed E-state index contributed by atoms with van der Waals surface area (Å²) in [5.74, 6) is -0.483. The van der Waals surface area contributed by atoms with Crippen LogP contribution in [0.2, 0.25) is 0 Å². The van der Waals surface area contributed by atoms with Crippen LogP contribution in [0.1, 0.15) is 5.56 Å². The Balaban J connectivity index is 0. The van der Waals surface area contributed by atoms with Gasteiger partial charge in [0.25, 0.3) is 0 Å². The summed E-state index contributed by atoms with van der Waals surface area (Å²) in [6.45, 7) is 0. The fourth-order valence-electron chi connectivity index (χ4n) is 0.954. The summed E-state index contributed by atoms with van der Waals surface area (Å²) in [4.78, 5) is 11.0. The minimum absolute atomic E-state index is 0. The molecule has 0 radical (unpaired) electrons. The number of methoxy groups -OCH3 is 1. The van der Waals surface area contributed by atoms with Crippen LogP contribution in [0.4, 0.5) is 0 Å². The Bertz CT molecular complexity index is 419. The van der Waals surface area contributed by atoms with Gasteiger partial charge < -0.3 is 14.8 Å². The van der Waals surface area contributed by atoms with Crippen LogP contribution in [0.3, 0.4) is 0 Å². The summed E-state index contributed by atoms with van der Waals surface area (Å²) in [5.41, 5.74) is 0.627. The molecule has 0 aliphatic carbocycles. The van der Waals surface area contributed by atoms with E-state index >= 15 is 0 Å². The van der Waals surface area contributed by atoms with Gasteiger partial charge in [-0.3, -0.25) is 4.21 Å². The van der Waals surface area contributed by atoms with Gasteiger partial charge in [0.05, 0.1) is 7.11 Å². The second-order valence-electron chi connectivity index (χ2n) is 2.66. The Morgan fingerprint density at radius 3 is 2.65 bits per heavy atom. The molecule has 1 unspecified atom stereocenters. The number of rotatable bonds is 3. The van der Waals surface area contributed by atoms with Gasteiger partial charge >= 0.3 is 35.5 Å². The first-order chi connectivity index (χ1) is 7.13. The zero-order chi connectivity index (χ0) is 11.3. The molecule has 0 amide bonds. The fourth-order valence-corrected chi connectivity index (χ4v) is 1.38. The molecule has 0 saturated carbocycles. The van der Waals surface area contributed by atoms with E-state index in [2.05, 4.69) is 4.74 Å². The normalized spacial score (nSPS) is 11.2. The molecule has 0 fully saturated rings. The van der Waals surface area contributed by atoms with Crippen molar-refractivity contribution in [1.29, 1.82) is 0 Å². The Kier molecular flexibility index (Phi) is 10.6. The van der Waals surface area contributed by atoms with Crippen molar-refractivity contribution in [3.8, 4) is 0 Å². The molecule has 0 saturated heterocycles. The zero-order valence-electron chi connectivity index (χ0n) is 9.45. The van der Waals surface area contributed by atoms with Gasteiger partial charge in [0.2, 0.25) is 0 Å². The standard InChI is InChI=1S/C10H10O4S.Na.H2O/c1-14-10(11)6-5-8-3-2-4-9(7-8)15(12)13;;/h2-7H,1H3,(H,12,13);;1H2/q;+1;/p-2/b6-5+;;. The monoisotopic (exact) mass is 265 g/mol. The maximum absolute atomic E-state index is 10.8.